The van der Waals surface area contributed by atoms with Crippen molar-refractivity contribution >= 4 is 0 Å². The number of hydrogen-bond acceptors (Lipinski definition) is 1. The molecule has 0 fully saturated rings. The average molecular weight is 181 g/mol. The highest BCUT2D eigenvalue weighted by Crippen LogP contribution is 2.27. The molecule has 0 rings (SSSR count). The third kappa shape index (κ3) is 3.80. The molecule has 0 atom stereocenters. The van der Waals surface area contributed by atoms with Gasteiger partial charge in [-0.05, 0) is 18.4 Å². The van der Waals surface area contributed by atoms with Crippen LogP contribution in [0.25, 0.3) is 0 Å². The Morgan fingerprint density at radius 1 is 1.33 bits per heavy atom. The topological polar surface area (TPSA) is 26.0 Å². The quantitative estimate of drug-likeness (QED) is 0.513. The molecule has 0 saturated carbocycles. The maximum atomic E-state index is 12.0. The SMILES string of the molecule is C=C(F)/C=C(\C=C/N)C(F)(F)F. The predicted octanol–water partition coefficient (Wildman–Crippen LogP) is 2.43. The van der Waals surface area contributed by atoms with Gasteiger partial charge in [0.05, 0.1) is 5.57 Å². The standard InChI is InChI=1S/C7H7F4N/c1-5(8)4-6(2-3-12)7(9,10)11/h2-4H,1,12H2/b3-2-,6-4+. The molecule has 68 valence electrons. The molecule has 0 unspecified atom stereocenters. The summed E-state index contributed by atoms with van der Waals surface area (Å²) in [6, 6.07) is 0. The molecule has 0 aliphatic carbocycles. The van der Waals surface area contributed by atoms with E-state index >= 15 is 0 Å². The minimum absolute atomic E-state index is 0.267. The van der Waals surface area contributed by atoms with E-state index in [1.165, 1.54) is 0 Å². The second kappa shape index (κ2) is 3.94. The van der Waals surface area contributed by atoms with Gasteiger partial charge in [0.2, 0.25) is 0 Å². The van der Waals surface area contributed by atoms with Crippen molar-refractivity contribution in [2.45, 2.75) is 6.18 Å². The third-order valence-electron chi connectivity index (χ3n) is 0.915. The van der Waals surface area contributed by atoms with Gasteiger partial charge in [-0.25, -0.2) is 4.39 Å². The van der Waals surface area contributed by atoms with Gasteiger partial charge in [0, 0.05) is 0 Å². The van der Waals surface area contributed by atoms with Crippen LogP contribution in [0.15, 0.2) is 36.3 Å². The van der Waals surface area contributed by atoms with Gasteiger partial charge in [-0.1, -0.05) is 6.58 Å². The third-order valence-corrected chi connectivity index (χ3v) is 0.915. The van der Waals surface area contributed by atoms with E-state index in [0.717, 1.165) is 0 Å². The second-order valence-electron chi connectivity index (χ2n) is 1.90. The van der Waals surface area contributed by atoms with E-state index in [1.54, 1.807) is 0 Å². The molecule has 0 aromatic heterocycles. The Bertz CT molecular complexity index is 224. The van der Waals surface area contributed by atoms with Gasteiger partial charge in [0.25, 0.3) is 0 Å². The van der Waals surface area contributed by atoms with Crippen molar-refractivity contribution in [1.29, 1.82) is 0 Å². The van der Waals surface area contributed by atoms with Crippen molar-refractivity contribution in [3.05, 3.63) is 36.3 Å². The van der Waals surface area contributed by atoms with Gasteiger partial charge in [-0.3, -0.25) is 0 Å². The first-order valence-electron chi connectivity index (χ1n) is 2.89. The minimum Gasteiger partial charge on any atom is -0.405 e. The van der Waals surface area contributed by atoms with Gasteiger partial charge in [0.15, 0.2) is 0 Å². The summed E-state index contributed by atoms with van der Waals surface area (Å²) >= 11 is 0. The first kappa shape index (κ1) is 10.7. The van der Waals surface area contributed by atoms with Crippen LogP contribution >= 0.6 is 0 Å². The Morgan fingerprint density at radius 2 is 1.83 bits per heavy atom. The molecule has 0 amide bonds. The molecule has 0 saturated heterocycles. The highest BCUT2D eigenvalue weighted by atomic mass is 19.4. The first-order chi connectivity index (χ1) is 5.38. The Kier molecular flexibility index (Phi) is 3.53. The van der Waals surface area contributed by atoms with Crippen LogP contribution in [0, 0.1) is 0 Å². The summed E-state index contributed by atoms with van der Waals surface area (Å²) in [5, 5.41) is 0. The molecule has 0 aromatic rings. The molecule has 0 aliphatic rings. The van der Waals surface area contributed by atoms with Crippen LogP contribution in [0.5, 0.6) is 0 Å². The molecule has 1 nitrogen and oxygen atoms in total. The van der Waals surface area contributed by atoms with E-state index in [2.05, 4.69) is 6.58 Å². The summed E-state index contributed by atoms with van der Waals surface area (Å²) in [5.41, 5.74) is 3.56. The summed E-state index contributed by atoms with van der Waals surface area (Å²) in [6.07, 6.45) is -3.10. The van der Waals surface area contributed by atoms with Crippen LogP contribution in [0.1, 0.15) is 0 Å². The highest BCUT2D eigenvalue weighted by molar-refractivity contribution is 5.29. The predicted molar refractivity (Wildman–Crippen MR) is 37.7 cm³/mol. The Balaban J connectivity index is 4.80. The number of rotatable bonds is 2. The maximum absolute atomic E-state index is 12.0. The van der Waals surface area contributed by atoms with Gasteiger partial charge < -0.3 is 5.73 Å². The molecule has 0 aliphatic heterocycles. The largest absolute Gasteiger partial charge is 0.416 e. The maximum Gasteiger partial charge on any atom is 0.416 e. The van der Waals surface area contributed by atoms with Crippen molar-refractivity contribution in [3.63, 3.8) is 0 Å². The molecule has 0 bridgehead atoms. The fourth-order valence-corrected chi connectivity index (χ4v) is 0.497. The molecule has 0 radical (unpaired) electrons. The van der Waals surface area contributed by atoms with Crippen molar-refractivity contribution in [3.8, 4) is 0 Å². The zero-order valence-electron chi connectivity index (χ0n) is 6.03. The molecule has 5 heteroatoms. The van der Waals surface area contributed by atoms with Crippen molar-refractivity contribution in [2.24, 2.45) is 5.73 Å². The summed E-state index contributed by atoms with van der Waals surface area (Å²) < 4.78 is 47.6. The van der Waals surface area contributed by atoms with E-state index < -0.39 is 17.6 Å². The minimum atomic E-state index is -4.61. The molecule has 0 aromatic carbocycles. The molecule has 0 heterocycles. The van der Waals surface area contributed by atoms with Crippen LogP contribution in [0.3, 0.4) is 0 Å². The summed E-state index contributed by atoms with van der Waals surface area (Å²) in [5.74, 6) is -1.17. The van der Waals surface area contributed by atoms with Crippen LogP contribution in [0.2, 0.25) is 0 Å². The van der Waals surface area contributed by atoms with Gasteiger partial charge in [-0.15, -0.1) is 0 Å². The van der Waals surface area contributed by atoms with Crippen LogP contribution in [-0.2, 0) is 0 Å². The average Bonchev–Trinajstić information content (AvgIpc) is 1.83. The van der Waals surface area contributed by atoms with Crippen molar-refractivity contribution in [1.82, 2.24) is 0 Å². The molecule has 2 N–H and O–H groups in total. The van der Waals surface area contributed by atoms with Gasteiger partial charge in [-0.2, -0.15) is 13.2 Å². The second-order valence-corrected chi connectivity index (χ2v) is 1.90. The summed E-state index contributed by atoms with van der Waals surface area (Å²) in [7, 11) is 0. The van der Waals surface area contributed by atoms with E-state index in [4.69, 9.17) is 5.73 Å². The molecule has 12 heavy (non-hydrogen) atoms. The van der Waals surface area contributed by atoms with E-state index in [9.17, 15) is 17.6 Å². The number of halogens is 4. The smallest absolute Gasteiger partial charge is 0.405 e. The summed E-state index contributed by atoms with van der Waals surface area (Å²) in [6.45, 7) is 2.67. The van der Waals surface area contributed by atoms with Gasteiger partial charge >= 0.3 is 6.18 Å². The lowest BCUT2D eigenvalue weighted by Gasteiger charge is -2.05. The highest BCUT2D eigenvalue weighted by Gasteiger charge is 2.31. The van der Waals surface area contributed by atoms with E-state index in [-0.39, 0.29) is 6.08 Å². The van der Waals surface area contributed by atoms with E-state index in [1.807, 2.05) is 0 Å². The lowest BCUT2D eigenvalue weighted by atomic mass is 10.2. The molecular weight excluding hydrogens is 174 g/mol. The normalized spacial score (nSPS) is 13.8. The number of allylic oxidation sites excluding steroid dienone is 4. The van der Waals surface area contributed by atoms with E-state index in [0.29, 0.717) is 12.3 Å². The van der Waals surface area contributed by atoms with Crippen molar-refractivity contribution < 1.29 is 17.6 Å². The van der Waals surface area contributed by atoms with Crippen LogP contribution in [-0.4, -0.2) is 6.18 Å². The number of nitrogens with two attached hydrogens (primary N) is 1. The van der Waals surface area contributed by atoms with Crippen LogP contribution < -0.4 is 5.73 Å². The molecule has 0 spiro atoms. The Hall–Kier alpha value is -1.26. The Labute approximate surface area is 66.9 Å². The first-order valence-corrected chi connectivity index (χ1v) is 2.89. The zero-order valence-corrected chi connectivity index (χ0v) is 6.03. The Morgan fingerprint density at radius 3 is 2.08 bits per heavy atom. The fourth-order valence-electron chi connectivity index (χ4n) is 0.497. The monoisotopic (exact) mass is 181 g/mol. The summed E-state index contributed by atoms with van der Waals surface area (Å²) in [4.78, 5) is 0. The zero-order chi connectivity index (χ0) is 9.78. The van der Waals surface area contributed by atoms with Gasteiger partial charge in [0.1, 0.15) is 5.83 Å². The molecular formula is C7H7F4N. The van der Waals surface area contributed by atoms with Crippen molar-refractivity contribution in [2.75, 3.05) is 0 Å². The van der Waals surface area contributed by atoms with Crippen LogP contribution in [0.4, 0.5) is 17.6 Å². The number of alkyl halides is 3. The lowest BCUT2D eigenvalue weighted by molar-refractivity contribution is -0.0883. The lowest BCUT2D eigenvalue weighted by Crippen LogP contribution is -2.10. The fraction of sp³-hybridized carbons (Fsp3) is 0.143. The number of hydrogen-bond donors (Lipinski definition) is 1.